The lowest BCUT2D eigenvalue weighted by Crippen LogP contribution is -2.25. The van der Waals surface area contributed by atoms with Gasteiger partial charge in [0, 0.05) is 23.3 Å². The zero-order valence-electron chi connectivity index (χ0n) is 7.22. The highest BCUT2D eigenvalue weighted by molar-refractivity contribution is 9.11. The Hall–Kier alpha value is -0.130. The summed E-state index contributed by atoms with van der Waals surface area (Å²) in [7, 11) is 0. The third kappa shape index (κ3) is 3.62. The van der Waals surface area contributed by atoms with Gasteiger partial charge < -0.3 is 11.1 Å². The van der Waals surface area contributed by atoms with E-state index in [1.54, 1.807) is 6.20 Å². The van der Waals surface area contributed by atoms with Crippen molar-refractivity contribution in [3.63, 3.8) is 0 Å². The minimum Gasteiger partial charge on any atom is -0.368 e. The minimum absolute atomic E-state index is 0.123. The molecule has 0 saturated heterocycles. The highest BCUT2D eigenvalue weighted by Crippen LogP contribution is 2.23. The number of nitrogens with one attached hydrogen (secondary N) is 1. The van der Waals surface area contributed by atoms with E-state index in [4.69, 9.17) is 5.73 Å². The molecule has 1 aromatic rings. The van der Waals surface area contributed by atoms with E-state index in [2.05, 4.69) is 42.2 Å². The van der Waals surface area contributed by atoms with E-state index < -0.39 is 0 Å². The van der Waals surface area contributed by atoms with Crippen molar-refractivity contribution in [1.82, 2.24) is 4.98 Å². The molecule has 0 saturated carbocycles. The molecule has 1 rings (SSSR count). The van der Waals surface area contributed by atoms with Crippen molar-refractivity contribution in [3.05, 3.63) is 21.2 Å². The molecule has 1 heterocycles. The monoisotopic (exact) mass is 307 g/mol. The molecule has 0 radical (unpaired) electrons. The van der Waals surface area contributed by atoms with Crippen LogP contribution in [0, 0.1) is 0 Å². The van der Waals surface area contributed by atoms with Crippen LogP contribution in [0.3, 0.4) is 0 Å². The van der Waals surface area contributed by atoms with E-state index in [1.165, 1.54) is 0 Å². The Kier molecular flexibility index (Phi) is 4.15. The first-order valence-electron chi connectivity index (χ1n) is 3.90. The summed E-state index contributed by atoms with van der Waals surface area (Å²) in [6.07, 6.45) is 1.74. The van der Waals surface area contributed by atoms with Crippen LogP contribution < -0.4 is 11.1 Å². The van der Waals surface area contributed by atoms with Gasteiger partial charge in [-0.2, -0.15) is 0 Å². The zero-order chi connectivity index (χ0) is 9.84. The molecule has 3 nitrogen and oxygen atoms in total. The second kappa shape index (κ2) is 4.93. The molecular formula is C8H11Br2N3. The molecule has 13 heavy (non-hydrogen) atoms. The van der Waals surface area contributed by atoms with Gasteiger partial charge in [0.05, 0.1) is 4.47 Å². The molecule has 3 N–H and O–H groups in total. The lowest BCUT2D eigenvalue weighted by molar-refractivity contribution is 0.777. The first-order valence-corrected chi connectivity index (χ1v) is 5.48. The first-order chi connectivity index (χ1) is 6.09. The van der Waals surface area contributed by atoms with Gasteiger partial charge in [-0.05, 0) is 44.8 Å². The average molecular weight is 309 g/mol. The molecule has 0 aromatic carbocycles. The molecule has 1 atom stereocenters. The molecule has 0 spiro atoms. The van der Waals surface area contributed by atoms with Crippen molar-refractivity contribution in [1.29, 1.82) is 0 Å². The second-order valence-electron chi connectivity index (χ2n) is 2.84. The van der Waals surface area contributed by atoms with Gasteiger partial charge in [-0.25, -0.2) is 4.98 Å². The first kappa shape index (κ1) is 10.9. The van der Waals surface area contributed by atoms with Crippen molar-refractivity contribution >= 4 is 37.7 Å². The lowest BCUT2D eigenvalue weighted by atomic mass is 10.3. The minimum atomic E-state index is 0.123. The maximum Gasteiger partial charge on any atom is 0.140 e. The molecule has 1 unspecified atom stereocenters. The van der Waals surface area contributed by atoms with Crippen molar-refractivity contribution in [2.45, 2.75) is 13.0 Å². The summed E-state index contributed by atoms with van der Waals surface area (Å²) in [6.45, 7) is 2.66. The number of nitrogens with zero attached hydrogens (tertiary/aromatic N) is 1. The quantitative estimate of drug-likeness (QED) is 0.901. The topological polar surface area (TPSA) is 50.9 Å². The largest absolute Gasteiger partial charge is 0.368 e. The maximum absolute atomic E-state index is 5.61. The summed E-state index contributed by atoms with van der Waals surface area (Å²) in [5.41, 5.74) is 5.61. The summed E-state index contributed by atoms with van der Waals surface area (Å²) in [5.74, 6) is 0.820. The fraction of sp³-hybridized carbons (Fsp3) is 0.375. The SMILES string of the molecule is CC(N)CNc1ncc(Br)cc1Br. The fourth-order valence-corrected chi connectivity index (χ4v) is 1.93. The third-order valence-electron chi connectivity index (χ3n) is 1.40. The lowest BCUT2D eigenvalue weighted by Gasteiger charge is -2.09. The van der Waals surface area contributed by atoms with E-state index in [0.29, 0.717) is 6.54 Å². The molecule has 0 aliphatic rings. The van der Waals surface area contributed by atoms with E-state index in [-0.39, 0.29) is 6.04 Å². The van der Waals surface area contributed by atoms with E-state index in [1.807, 2.05) is 13.0 Å². The van der Waals surface area contributed by atoms with Crippen LogP contribution in [-0.2, 0) is 0 Å². The summed E-state index contributed by atoms with van der Waals surface area (Å²) < 4.78 is 1.88. The standard InChI is InChI=1S/C8H11Br2N3/c1-5(11)3-12-8-7(10)2-6(9)4-13-8/h2,4-5H,3,11H2,1H3,(H,12,13). The highest BCUT2D eigenvalue weighted by Gasteiger charge is 2.01. The van der Waals surface area contributed by atoms with Crippen LogP contribution in [0.2, 0.25) is 0 Å². The molecule has 0 bridgehead atoms. The molecule has 0 aliphatic heterocycles. The summed E-state index contributed by atoms with van der Waals surface area (Å²) >= 11 is 6.73. The predicted octanol–water partition coefficient (Wildman–Crippen LogP) is 2.37. The van der Waals surface area contributed by atoms with E-state index in [9.17, 15) is 0 Å². The van der Waals surface area contributed by atoms with E-state index in [0.717, 1.165) is 14.8 Å². The Bertz CT molecular complexity index is 289. The number of pyridine rings is 1. The average Bonchev–Trinajstić information content (AvgIpc) is 2.02. The Morgan fingerprint density at radius 1 is 1.62 bits per heavy atom. The van der Waals surface area contributed by atoms with Gasteiger partial charge in [-0.1, -0.05) is 0 Å². The van der Waals surface area contributed by atoms with Gasteiger partial charge in [0.1, 0.15) is 5.82 Å². The fourth-order valence-electron chi connectivity index (χ4n) is 0.802. The summed E-state index contributed by atoms with van der Waals surface area (Å²) in [6, 6.07) is 2.06. The van der Waals surface area contributed by atoms with Crippen LogP contribution >= 0.6 is 31.9 Å². The number of halogens is 2. The number of rotatable bonds is 3. The Balaban J connectivity index is 2.67. The van der Waals surface area contributed by atoms with Crippen LogP contribution in [0.5, 0.6) is 0 Å². The normalized spacial score (nSPS) is 12.6. The van der Waals surface area contributed by atoms with Gasteiger partial charge in [-0.15, -0.1) is 0 Å². The van der Waals surface area contributed by atoms with Crippen LogP contribution in [-0.4, -0.2) is 17.6 Å². The summed E-state index contributed by atoms with van der Waals surface area (Å²) in [5, 5.41) is 3.14. The highest BCUT2D eigenvalue weighted by atomic mass is 79.9. The van der Waals surface area contributed by atoms with E-state index >= 15 is 0 Å². The molecule has 0 amide bonds. The third-order valence-corrected chi connectivity index (χ3v) is 2.44. The Morgan fingerprint density at radius 3 is 2.85 bits per heavy atom. The number of hydrogen-bond donors (Lipinski definition) is 2. The summed E-state index contributed by atoms with van der Waals surface area (Å²) in [4.78, 5) is 4.19. The predicted molar refractivity (Wildman–Crippen MR) is 61.8 cm³/mol. The van der Waals surface area contributed by atoms with Gasteiger partial charge >= 0.3 is 0 Å². The zero-order valence-corrected chi connectivity index (χ0v) is 10.4. The number of aromatic nitrogens is 1. The van der Waals surface area contributed by atoms with Crippen molar-refractivity contribution in [2.75, 3.05) is 11.9 Å². The molecule has 5 heteroatoms. The van der Waals surface area contributed by atoms with Crippen LogP contribution in [0.15, 0.2) is 21.2 Å². The molecule has 1 aromatic heterocycles. The van der Waals surface area contributed by atoms with Gasteiger partial charge in [0.25, 0.3) is 0 Å². The Morgan fingerprint density at radius 2 is 2.31 bits per heavy atom. The molecule has 0 aliphatic carbocycles. The van der Waals surface area contributed by atoms with Gasteiger partial charge in [-0.3, -0.25) is 0 Å². The maximum atomic E-state index is 5.61. The molecule has 72 valence electrons. The smallest absolute Gasteiger partial charge is 0.140 e. The Labute approximate surface area is 94.4 Å². The van der Waals surface area contributed by atoms with Crippen LogP contribution in [0.4, 0.5) is 5.82 Å². The van der Waals surface area contributed by atoms with Crippen molar-refractivity contribution in [2.24, 2.45) is 5.73 Å². The van der Waals surface area contributed by atoms with Gasteiger partial charge in [0.2, 0.25) is 0 Å². The number of hydrogen-bond acceptors (Lipinski definition) is 3. The second-order valence-corrected chi connectivity index (χ2v) is 4.61. The number of nitrogens with two attached hydrogens (primary N) is 1. The number of anilines is 1. The van der Waals surface area contributed by atoms with Crippen molar-refractivity contribution < 1.29 is 0 Å². The van der Waals surface area contributed by atoms with Gasteiger partial charge in [0.15, 0.2) is 0 Å². The van der Waals surface area contributed by atoms with Crippen molar-refractivity contribution in [3.8, 4) is 0 Å². The molecular weight excluding hydrogens is 298 g/mol. The molecule has 0 fully saturated rings. The van der Waals surface area contributed by atoms with Crippen LogP contribution in [0.1, 0.15) is 6.92 Å². The van der Waals surface area contributed by atoms with Crippen LogP contribution in [0.25, 0.3) is 0 Å².